The smallest absolute Gasteiger partial charge is 0.178 e. The molecule has 0 aliphatic heterocycles. The van der Waals surface area contributed by atoms with Crippen LogP contribution in [0.1, 0.15) is 45.3 Å². The highest BCUT2D eigenvalue weighted by Crippen LogP contribution is 2.22. The number of carbonyl (C=O) groups is 1. The predicted molar refractivity (Wildman–Crippen MR) is 79.1 cm³/mol. The minimum Gasteiger partial charge on any atom is -0.293 e. The van der Waals surface area contributed by atoms with E-state index in [9.17, 15) is 4.79 Å². The van der Waals surface area contributed by atoms with Crippen LogP contribution in [0.2, 0.25) is 0 Å². The van der Waals surface area contributed by atoms with Gasteiger partial charge >= 0.3 is 0 Å². The summed E-state index contributed by atoms with van der Waals surface area (Å²) in [7, 11) is 0. The maximum atomic E-state index is 12.3. The number of ketones is 1. The third-order valence-electron chi connectivity index (χ3n) is 3.36. The summed E-state index contributed by atoms with van der Waals surface area (Å²) >= 11 is 1.59. The van der Waals surface area contributed by atoms with E-state index in [0.29, 0.717) is 6.42 Å². The van der Waals surface area contributed by atoms with Crippen LogP contribution >= 0.6 is 11.3 Å². The number of aryl methyl sites for hydroxylation is 4. The molecular weight excluding hydrogens is 256 g/mol. The highest BCUT2D eigenvalue weighted by Gasteiger charge is 2.14. The van der Waals surface area contributed by atoms with Gasteiger partial charge in [-0.1, -0.05) is 6.92 Å². The molecule has 2 aromatic heterocycles. The van der Waals surface area contributed by atoms with E-state index in [2.05, 4.69) is 31.9 Å². The van der Waals surface area contributed by atoms with Crippen LogP contribution < -0.4 is 0 Å². The number of hydrogen-bond donors (Lipinski definition) is 0. The van der Waals surface area contributed by atoms with Gasteiger partial charge in [0.25, 0.3) is 0 Å². The normalized spacial score (nSPS) is 10.9. The van der Waals surface area contributed by atoms with Crippen LogP contribution in [-0.2, 0) is 19.4 Å². The third kappa shape index (κ3) is 2.95. The quantitative estimate of drug-likeness (QED) is 0.783. The minimum absolute atomic E-state index is 0.193. The summed E-state index contributed by atoms with van der Waals surface area (Å²) < 4.78 is 1.93. The number of Topliss-reactive ketones (excluding diaryl/α,β-unsaturated/α-hetero) is 1. The minimum atomic E-state index is 0.193. The number of carbonyl (C=O) groups excluding carboxylic acids is 1. The number of thiophene rings is 1. The fourth-order valence-electron chi connectivity index (χ4n) is 2.07. The second-order valence-corrected chi connectivity index (χ2v) is 6.00. The van der Waals surface area contributed by atoms with E-state index in [1.54, 1.807) is 11.3 Å². The molecule has 0 N–H and O–H groups in total. The molecule has 3 nitrogen and oxygen atoms in total. The number of aromatic nitrogens is 2. The largest absolute Gasteiger partial charge is 0.293 e. The van der Waals surface area contributed by atoms with Crippen molar-refractivity contribution in [3.63, 3.8) is 0 Å². The molecule has 4 heteroatoms. The summed E-state index contributed by atoms with van der Waals surface area (Å²) in [4.78, 5) is 14.4. The van der Waals surface area contributed by atoms with Crippen molar-refractivity contribution in [1.82, 2.24) is 9.78 Å². The van der Waals surface area contributed by atoms with Crippen molar-refractivity contribution in [3.8, 4) is 0 Å². The lowest BCUT2D eigenvalue weighted by Crippen LogP contribution is -2.08. The molecule has 0 saturated heterocycles. The number of rotatable bonds is 5. The molecule has 102 valence electrons. The zero-order chi connectivity index (χ0) is 14.0. The SMILES string of the molecule is CCc1cc(CC(=O)c2cc(C)c(C)s2)n(CC)n1. The molecule has 0 aromatic carbocycles. The van der Waals surface area contributed by atoms with Crippen LogP contribution in [-0.4, -0.2) is 15.6 Å². The molecule has 0 unspecified atom stereocenters. The van der Waals surface area contributed by atoms with E-state index in [1.807, 2.05) is 17.7 Å². The Morgan fingerprint density at radius 2 is 2.05 bits per heavy atom. The Morgan fingerprint density at radius 3 is 2.58 bits per heavy atom. The van der Waals surface area contributed by atoms with Gasteiger partial charge in [0.15, 0.2) is 5.78 Å². The summed E-state index contributed by atoms with van der Waals surface area (Å²) in [6, 6.07) is 4.05. The molecule has 2 heterocycles. The maximum Gasteiger partial charge on any atom is 0.178 e. The average molecular weight is 276 g/mol. The van der Waals surface area contributed by atoms with Gasteiger partial charge in [0.1, 0.15) is 0 Å². The monoisotopic (exact) mass is 276 g/mol. The van der Waals surface area contributed by atoms with Gasteiger partial charge in [-0.25, -0.2) is 0 Å². The Bertz CT molecular complexity index is 576. The van der Waals surface area contributed by atoms with Crippen molar-refractivity contribution < 1.29 is 4.79 Å². The highest BCUT2D eigenvalue weighted by molar-refractivity contribution is 7.14. The van der Waals surface area contributed by atoms with Gasteiger partial charge in [0.2, 0.25) is 0 Å². The molecule has 2 aromatic rings. The summed E-state index contributed by atoms with van der Waals surface area (Å²) in [5.41, 5.74) is 3.28. The van der Waals surface area contributed by atoms with Gasteiger partial charge in [-0.05, 0) is 44.9 Å². The number of hydrogen-bond acceptors (Lipinski definition) is 3. The van der Waals surface area contributed by atoms with E-state index in [0.717, 1.165) is 29.2 Å². The van der Waals surface area contributed by atoms with Crippen molar-refractivity contribution in [2.75, 3.05) is 0 Å². The van der Waals surface area contributed by atoms with Crippen molar-refractivity contribution >= 4 is 17.1 Å². The van der Waals surface area contributed by atoms with E-state index in [-0.39, 0.29) is 5.78 Å². The molecule has 0 bridgehead atoms. The van der Waals surface area contributed by atoms with Crippen molar-refractivity contribution in [2.45, 2.75) is 47.1 Å². The topological polar surface area (TPSA) is 34.9 Å². The van der Waals surface area contributed by atoms with E-state index in [4.69, 9.17) is 0 Å². The standard InChI is InChI=1S/C15H20N2OS/c1-5-12-8-13(17(6-2)16-12)9-14(18)15-7-10(3)11(4)19-15/h7-8H,5-6,9H2,1-4H3. The molecule has 0 atom stereocenters. The number of nitrogens with zero attached hydrogens (tertiary/aromatic N) is 2. The second-order valence-electron chi connectivity index (χ2n) is 4.75. The van der Waals surface area contributed by atoms with Crippen LogP contribution in [0.25, 0.3) is 0 Å². The zero-order valence-corrected chi connectivity index (χ0v) is 12.8. The third-order valence-corrected chi connectivity index (χ3v) is 4.55. The van der Waals surface area contributed by atoms with Crippen molar-refractivity contribution in [3.05, 3.63) is 38.8 Å². The Hall–Kier alpha value is -1.42. The summed E-state index contributed by atoms with van der Waals surface area (Å²) in [5.74, 6) is 0.193. The first-order chi connectivity index (χ1) is 9.05. The lowest BCUT2D eigenvalue weighted by molar-refractivity contribution is 0.0994. The molecule has 0 aliphatic rings. The average Bonchev–Trinajstić information content (AvgIpc) is 2.93. The van der Waals surface area contributed by atoms with Crippen LogP contribution in [0, 0.1) is 13.8 Å². The lowest BCUT2D eigenvalue weighted by atomic mass is 10.1. The second kappa shape index (κ2) is 5.70. The fraction of sp³-hybridized carbons (Fsp3) is 0.467. The summed E-state index contributed by atoms with van der Waals surface area (Å²) in [6.45, 7) is 9.06. The molecule has 2 rings (SSSR count). The zero-order valence-electron chi connectivity index (χ0n) is 12.0. The Balaban J connectivity index is 2.20. The van der Waals surface area contributed by atoms with Crippen LogP contribution in [0.5, 0.6) is 0 Å². The Labute approximate surface area is 118 Å². The Kier molecular flexibility index (Phi) is 4.20. The van der Waals surface area contributed by atoms with Gasteiger partial charge in [-0.15, -0.1) is 11.3 Å². The van der Waals surface area contributed by atoms with Crippen LogP contribution in [0.3, 0.4) is 0 Å². The molecule has 0 amide bonds. The van der Waals surface area contributed by atoms with Crippen molar-refractivity contribution in [1.29, 1.82) is 0 Å². The maximum absolute atomic E-state index is 12.3. The van der Waals surface area contributed by atoms with Gasteiger partial charge in [0, 0.05) is 17.1 Å². The van der Waals surface area contributed by atoms with E-state index < -0.39 is 0 Å². The molecule has 19 heavy (non-hydrogen) atoms. The first-order valence-electron chi connectivity index (χ1n) is 6.71. The molecule has 0 aliphatic carbocycles. The first kappa shape index (κ1) is 14.0. The van der Waals surface area contributed by atoms with Crippen LogP contribution in [0.15, 0.2) is 12.1 Å². The summed E-state index contributed by atoms with van der Waals surface area (Å²) in [6.07, 6.45) is 1.35. The van der Waals surface area contributed by atoms with Gasteiger partial charge < -0.3 is 0 Å². The highest BCUT2D eigenvalue weighted by atomic mass is 32.1. The lowest BCUT2D eigenvalue weighted by Gasteiger charge is -2.02. The fourth-order valence-corrected chi connectivity index (χ4v) is 3.04. The van der Waals surface area contributed by atoms with Gasteiger partial charge in [-0.2, -0.15) is 5.10 Å². The van der Waals surface area contributed by atoms with E-state index >= 15 is 0 Å². The predicted octanol–water partition coefficient (Wildman–Crippen LogP) is 3.57. The van der Waals surface area contributed by atoms with Crippen LogP contribution in [0.4, 0.5) is 0 Å². The van der Waals surface area contributed by atoms with Gasteiger partial charge in [0.05, 0.1) is 17.0 Å². The summed E-state index contributed by atoms with van der Waals surface area (Å²) in [5, 5.41) is 4.48. The molecule has 0 spiro atoms. The Morgan fingerprint density at radius 1 is 1.32 bits per heavy atom. The van der Waals surface area contributed by atoms with Crippen molar-refractivity contribution in [2.24, 2.45) is 0 Å². The first-order valence-corrected chi connectivity index (χ1v) is 7.52. The molecular formula is C15H20N2OS. The molecule has 0 fully saturated rings. The molecule has 0 saturated carbocycles. The van der Waals surface area contributed by atoms with Gasteiger partial charge in [-0.3, -0.25) is 9.48 Å². The molecule has 0 radical (unpaired) electrons. The van der Waals surface area contributed by atoms with E-state index in [1.165, 1.54) is 10.4 Å².